The molecule has 0 nitrogen and oxygen atoms in total. The summed E-state index contributed by atoms with van der Waals surface area (Å²) >= 11 is 0. The summed E-state index contributed by atoms with van der Waals surface area (Å²) in [6.07, 6.45) is 6.80. The number of hydrogen-bond donors (Lipinski definition) is 0. The fourth-order valence-corrected chi connectivity index (χ4v) is 0.817. The molecule has 0 aromatic rings. The van der Waals surface area contributed by atoms with Crippen molar-refractivity contribution in [3.63, 3.8) is 0 Å². The number of unbranched alkanes of at least 4 members (excludes halogenated alkanes) is 3. The Bertz CT molecular complexity index is 290. The molecule has 0 rings (SSSR count). The molecule has 0 aromatic heterocycles. The van der Waals surface area contributed by atoms with Crippen molar-refractivity contribution in [2.24, 2.45) is 0 Å². The monoisotopic (exact) mass is 246 g/mol. The van der Waals surface area contributed by atoms with Crippen molar-refractivity contribution < 1.29 is 0 Å². The molecular formula is C18H30. The first kappa shape index (κ1) is 21.9. The topological polar surface area (TPSA) is 0 Å². The van der Waals surface area contributed by atoms with Crippen LogP contribution in [0.2, 0.25) is 0 Å². The highest BCUT2D eigenvalue weighted by atomic mass is 13.8. The molecule has 0 radical (unpaired) electrons. The molecule has 0 unspecified atom stereocenters. The maximum Gasteiger partial charge on any atom is 0.00884 e. The standard InChI is InChI=1S/C7H12.C6H10.C5H8/c1-3-5-7-6-4-2;1-3-5-6-4-2;1-3-5-4-2/h3,5,7H2,1-2H3;3,5H2,1-2H3;3H2,1-2H3. The Hall–Kier alpha value is -1.32. The van der Waals surface area contributed by atoms with Gasteiger partial charge in [0, 0.05) is 19.3 Å². The Balaban J connectivity index is -0.000000190. The molecular weight excluding hydrogens is 216 g/mol. The van der Waals surface area contributed by atoms with Crippen LogP contribution in [0.25, 0.3) is 0 Å². The zero-order valence-corrected chi connectivity index (χ0v) is 13.2. The zero-order chi connectivity index (χ0) is 14.5. The third-order valence-corrected chi connectivity index (χ3v) is 1.74. The van der Waals surface area contributed by atoms with E-state index < -0.39 is 0 Å². The fourth-order valence-electron chi connectivity index (χ4n) is 0.817. The maximum absolute atomic E-state index is 3.00. The Morgan fingerprint density at radius 3 is 1.33 bits per heavy atom. The van der Waals surface area contributed by atoms with Gasteiger partial charge < -0.3 is 0 Å². The van der Waals surface area contributed by atoms with E-state index in [0.29, 0.717) is 0 Å². The quantitative estimate of drug-likeness (QED) is 0.460. The van der Waals surface area contributed by atoms with Gasteiger partial charge in [0.25, 0.3) is 0 Å². The average molecular weight is 246 g/mol. The lowest BCUT2D eigenvalue weighted by Gasteiger charge is -1.80. The van der Waals surface area contributed by atoms with Gasteiger partial charge in [0.2, 0.25) is 0 Å². The first-order chi connectivity index (χ1) is 8.74. The van der Waals surface area contributed by atoms with Gasteiger partial charge in [-0.25, -0.2) is 0 Å². The fraction of sp³-hybridized carbons (Fsp3) is 0.667. The smallest absolute Gasteiger partial charge is 0.00884 e. The van der Waals surface area contributed by atoms with Crippen LogP contribution in [0.4, 0.5) is 0 Å². The lowest BCUT2D eigenvalue weighted by molar-refractivity contribution is 0.828. The minimum atomic E-state index is 0.983. The summed E-state index contributed by atoms with van der Waals surface area (Å²) in [5.74, 6) is 17.2. The van der Waals surface area contributed by atoms with Gasteiger partial charge in [-0.1, -0.05) is 27.2 Å². The SMILES string of the molecule is CC#CCC.CC#CCCC.CC#CCCCC. The van der Waals surface area contributed by atoms with Gasteiger partial charge in [0.1, 0.15) is 0 Å². The predicted octanol–water partition coefficient (Wildman–Crippen LogP) is 5.43. The molecule has 0 saturated carbocycles. The molecule has 0 N–H and O–H groups in total. The highest BCUT2D eigenvalue weighted by Crippen LogP contribution is 1.89. The summed E-state index contributed by atoms with van der Waals surface area (Å²) < 4.78 is 0. The molecule has 0 atom stereocenters. The molecule has 0 saturated heterocycles. The molecule has 18 heavy (non-hydrogen) atoms. The molecule has 0 bridgehead atoms. The van der Waals surface area contributed by atoms with E-state index in [1.54, 1.807) is 0 Å². The molecule has 0 aliphatic rings. The van der Waals surface area contributed by atoms with Crippen LogP contribution in [0.1, 0.15) is 80.1 Å². The summed E-state index contributed by atoms with van der Waals surface area (Å²) in [5, 5.41) is 0. The highest BCUT2D eigenvalue weighted by molar-refractivity contribution is 4.94. The summed E-state index contributed by atoms with van der Waals surface area (Å²) in [5.41, 5.74) is 0. The molecule has 102 valence electrons. The average Bonchev–Trinajstić information content (AvgIpc) is 2.39. The Morgan fingerprint density at radius 1 is 0.611 bits per heavy atom. The summed E-state index contributed by atoms with van der Waals surface area (Å²) in [6.45, 7) is 12.0. The molecule has 0 amide bonds. The van der Waals surface area contributed by atoms with Crippen LogP contribution in [-0.4, -0.2) is 0 Å². The van der Waals surface area contributed by atoms with Crippen molar-refractivity contribution in [1.82, 2.24) is 0 Å². The largest absolute Gasteiger partial charge is 0.107 e. The Kier molecular flexibility index (Phi) is 36.1. The van der Waals surface area contributed by atoms with Crippen LogP contribution < -0.4 is 0 Å². The number of rotatable bonds is 3. The number of hydrogen-bond acceptors (Lipinski definition) is 0. The van der Waals surface area contributed by atoms with Crippen LogP contribution >= 0.6 is 0 Å². The van der Waals surface area contributed by atoms with Gasteiger partial charge >= 0.3 is 0 Å². The Morgan fingerprint density at radius 2 is 1.11 bits per heavy atom. The van der Waals surface area contributed by atoms with Gasteiger partial charge in [-0.05, 0) is 33.6 Å². The van der Waals surface area contributed by atoms with Gasteiger partial charge in [-0.2, -0.15) is 0 Å². The second-order valence-electron chi connectivity index (χ2n) is 3.49. The van der Waals surface area contributed by atoms with Crippen molar-refractivity contribution in [1.29, 1.82) is 0 Å². The van der Waals surface area contributed by atoms with Crippen molar-refractivity contribution in [3.05, 3.63) is 0 Å². The second-order valence-corrected chi connectivity index (χ2v) is 3.49. The lowest BCUT2D eigenvalue weighted by Crippen LogP contribution is -1.64. The first-order valence-electron chi connectivity index (χ1n) is 6.93. The molecule has 0 heterocycles. The molecule has 0 spiro atoms. The minimum absolute atomic E-state index is 0.983. The lowest BCUT2D eigenvalue weighted by atomic mass is 10.3. The summed E-state index contributed by atoms with van der Waals surface area (Å²) in [6, 6.07) is 0. The third kappa shape index (κ3) is 46.6. The summed E-state index contributed by atoms with van der Waals surface area (Å²) in [7, 11) is 0. The van der Waals surface area contributed by atoms with Gasteiger partial charge in [0.05, 0.1) is 0 Å². The van der Waals surface area contributed by atoms with Crippen LogP contribution in [0.5, 0.6) is 0 Å². The Labute approximate surface area is 116 Å². The molecule has 0 heteroatoms. The second kappa shape index (κ2) is 29.6. The maximum atomic E-state index is 3.00. The van der Waals surface area contributed by atoms with Crippen molar-refractivity contribution in [3.8, 4) is 35.5 Å². The summed E-state index contributed by atoms with van der Waals surface area (Å²) in [4.78, 5) is 0. The van der Waals surface area contributed by atoms with E-state index >= 15 is 0 Å². The van der Waals surface area contributed by atoms with Crippen LogP contribution in [0.3, 0.4) is 0 Å². The van der Waals surface area contributed by atoms with E-state index in [1.165, 1.54) is 19.3 Å². The van der Waals surface area contributed by atoms with Crippen LogP contribution in [0.15, 0.2) is 0 Å². The van der Waals surface area contributed by atoms with E-state index in [-0.39, 0.29) is 0 Å². The van der Waals surface area contributed by atoms with Gasteiger partial charge in [0.15, 0.2) is 0 Å². The highest BCUT2D eigenvalue weighted by Gasteiger charge is 1.72. The minimum Gasteiger partial charge on any atom is -0.107 e. The van der Waals surface area contributed by atoms with Gasteiger partial charge in [-0.3, -0.25) is 0 Å². The van der Waals surface area contributed by atoms with Crippen molar-refractivity contribution in [2.75, 3.05) is 0 Å². The first-order valence-corrected chi connectivity index (χ1v) is 6.93. The third-order valence-electron chi connectivity index (χ3n) is 1.74. The van der Waals surface area contributed by atoms with Gasteiger partial charge in [-0.15, -0.1) is 35.5 Å². The molecule has 0 aromatic carbocycles. The molecule has 0 aliphatic carbocycles. The van der Waals surface area contributed by atoms with Crippen molar-refractivity contribution >= 4 is 0 Å². The van der Waals surface area contributed by atoms with E-state index in [9.17, 15) is 0 Å². The van der Waals surface area contributed by atoms with E-state index in [4.69, 9.17) is 0 Å². The van der Waals surface area contributed by atoms with Crippen LogP contribution in [-0.2, 0) is 0 Å². The normalized spacial score (nSPS) is 6.33. The predicted molar refractivity (Wildman–Crippen MR) is 85.1 cm³/mol. The van der Waals surface area contributed by atoms with E-state index in [0.717, 1.165) is 19.3 Å². The molecule has 0 aliphatic heterocycles. The van der Waals surface area contributed by atoms with E-state index in [1.807, 2.05) is 27.7 Å². The van der Waals surface area contributed by atoms with Crippen molar-refractivity contribution in [2.45, 2.75) is 80.1 Å². The molecule has 0 fully saturated rings. The van der Waals surface area contributed by atoms with E-state index in [2.05, 4.69) is 49.4 Å². The zero-order valence-electron chi connectivity index (χ0n) is 13.2. The van der Waals surface area contributed by atoms with Crippen LogP contribution in [0, 0.1) is 35.5 Å².